The normalized spacial score (nSPS) is 27.8. The van der Waals surface area contributed by atoms with Crippen molar-refractivity contribution in [3.8, 4) is 0 Å². The molecule has 2 unspecified atom stereocenters. The summed E-state index contributed by atoms with van der Waals surface area (Å²) in [4.78, 5) is 14.0. The summed E-state index contributed by atoms with van der Waals surface area (Å²) in [5, 5.41) is 0. The Bertz CT molecular complexity index is 235. The molecule has 0 spiro atoms. The van der Waals surface area contributed by atoms with Crippen LogP contribution in [0.1, 0.15) is 53.9 Å². The molecule has 0 aromatic rings. The lowest BCUT2D eigenvalue weighted by molar-refractivity contribution is -0.157. The molecular formula is C13H25NO2. The second-order valence-corrected chi connectivity index (χ2v) is 5.89. The van der Waals surface area contributed by atoms with Crippen molar-refractivity contribution in [3.05, 3.63) is 0 Å². The van der Waals surface area contributed by atoms with E-state index in [4.69, 9.17) is 4.74 Å². The van der Waals surface area contributed by atoms with Gasteiger partial charge in [0.2, 0.25) is 0 Å². The summed E-state index contributed by atoms with van der Waals surface area (Å²) in [5.74, 6) is -0.104. The van der Waals surface area contributed by atoms with Crippen molar-refractivity contribution in [3.63, 3.8) is 0 Å². The Morgan fingerprint density at radius 1 is 1.25 bits per heavy atom. The molecule has 0 saturated carbocycles. The molecule has 1 rings (SSSR count). The largest absolute Gasteiger partial charge is 0.459 e. The third kappa shape index (κ3) is 4.12. The van der Waals surface area contributed by atoms with Crippen molar-refractivity contribution in [1.82, 2.24) is 4.90 Å². The van der Waals surface area contributed by atoms with Crippen LogP contribution >= 0.6 is 0 Å². The van der Waals surface area contributed by atoms with E-state index in [9.17, 15) is 4.79 Å². The highest BCUT2D eigenvalue weighted by atomic mass is 16.6. The van der Waals surface area contributed by atoms with Gasteiger partial charge in [-0.3, -0.25) is 9.69 Å². The van der Waals surface area contributed by atoms with Crippen molar-refractivity contribution >= 4 is 5.97 Å². The van der Waals surface area contributed by atoms with Crippen molar-refractivity contribution in [2.45, 2.75) is 71.6 Å². The van der Waals surface area contributed by atoms with E-state index in [1.54, 1.807) is 0 Å². The molecule has 1 aliphatic heterocycles. The first-order chi connectivity index (χ1) is 7.29. The number of rotatable bonds is 2. The standard InChI is InChI=1S/C13H25NO2/c1-10-7-6-8-11(2)14(10)9-12(15)16-13(3,4)5/h10-11H,6-9H2,1-5H3. The molecule has 0 radical (unpaired) electrons. The van der Waals surface area contributed by atoms with Gasteiger partial charge in [-0.2, -0.15) is 0 Å². The van der Waals surface area contributed by atoms with Gasteiger partial charge in [0.15, 0.2) is 0 Å². The molecule has 16 heavy (non-hydrogen) atoms. The number of esters is 1. The van der Waals surface area contributed by atoms with Gasteiger partial charge in [-0.15, -0.1) is 0 Å². The van der Waals surface area contributed by atoms with Crippen molar-refractivity contribution in [2.75, 3.05) is 6.54 Å². The Hall–Kier alpha value is -0.570. The lowest BCUT2D eigenvalue weighted by atomic mass is 9.98. The number of piperidine rings is 1. The fourth-order valence-electron chi connectivity index (χ4n) is 2.31. The first-order valence-electron chi connectivity index (χ1n) is 6.27. The zero-order valence-corrected chi connectivity index (χ0v) is 11.2. The van der Waals surface area contributed by atoms with Crippen molar-refractivity contribution < 1.29 is 9.53 Å². The molecule has 1 saturated heterocycles. The van der Waals surface area contributed by atoms with Crippen molar-refractivity contribution in [2.24, 2.45) is 0 Å². The Balaban J connectivity index is 2.48. The van der Waals surface area contributed by atoms with Gasteiger partial charge in [0.1, 0.15) is 5.60 Å². The molecule has 3 nitrogen and oxygen atoms in total. The van der Waals surface area contributed by atoms with Gasteiger partial charge in [-0.1, -0.05) is 6.42 Å². The number of ether oxygens (including phenoxy) is 1. The average Bonchev–Trinajstić information content (AvgIpc) is 2.08. The third-order valence-electron chi connectivity index (χ3n) is 3.11. The van der Waals surface area contributed by atoms with Gasteiger partial charge in [0, 0.05) is 12.1 Å². The van der Waals surface area contributed by atoms with E-state index in [0.717, 1.165) is 0 Å². The van der Waals surface area contributed by atoms with Gasteiger partial charge >= 0.3 is 5.97 Å². The predicted octanol–water partition coefficient (Wildman–Crippen LogP) is 2.59. The fraction of sp³-hybridized carbons (Fsp3) is 0.923. The first kappa shape index (κ1) is 13.5. The predicted molar refractivity (Wildman–Crippen MR) is 65.3 cm³/mol. The van der Waals surface area contributed by atoms with E-state index in [1.807, 2.05) is 20.8 Å². The smallest absolute Gasteiger partial charge is 0.320 e. The number of hydrogen-bond acceptors (Lipinski definition) is 3. The van der Waals surface area contributed by atoms with Crippen LogP contribution in [0.3, 0.4) is 0 Å². The maximum absolute atomic E-state index is 11.8. The number of nitrogens with zero attached hydrogens (tertiary/aromatic N) is 1. The van der Waals surface area contributed by atoms with Gasteiger partial charge in [0.05, 0.1) is 6.54 Å². The van der Waals surface area contributed by atoms with Crippen LogP contribution in [0.4, 0.5) is 0 Å². The molecule has 0 aliphatic carbocycles. The van der Waals surface area contributed by atoms with Gasteiger partial charge in [-0.25, -0.2) is 0 Å². The van der Waals surface area contributed by atoms with Crippen molar-refractivity contribution in [1.29, 1.82) is 0 Å². The summed E-state index contributed by atoms with van der Waals surface area (Å²) < 4.78 is 5.36. The summed E-state index contributed by atoms with van der Waals surface area (Å²) in [6.45, 7) is 10.6. The molecule has 2 atom stereocenters. The van der Waals surface area contributed by atoms with Crippen LogP contribution in [0.15, 0.2) is 0 Å². The molecule has 1 aliphatic rings. The summed E-state index contributed by atoms with van der Waals surface area (Å²) in [7, 11) is 0. The quantitative estimate of drug-likeness (QED) is 0.679. The summed E-state index contributed by atoms with van der Waals surface area (Å²) in [5.41, 5.74) is -0.376. The highest BCUT2D eigenvalue weighted by Crippen LogP contribution is 2.22. The van der Waals surface area contributed by atoms with Crippen LogP contribution < -0.4 is 0 Å². The number of carbonyl (C=O) groups is 1. The molecule has 1 heterocycles. The first-order valence-corrected chi connectivity index (χ1v) is 6.27. The summed E-state index contributed by atoms with van der Waals surface area (Å²) in [6.07, 6.45) is 3.65. The highest BCUT2D eigenvalue weighted by Gasteiger charge is 2.28. The molecule has 3 heteroatoms. The van der Waals surface area contributed by atoms with Crippen LogP contribution in [0.25, 0.3) is 0 Å². The highest BCUT2D eigenvalue weighted by molar-refractivity contribution is 5.72. The minimum atomic E-state index is -0.376. The lowest BCUT2D eigenvalue weighted by Gasteiger charge is -2.38. The Morgan fingerprint density at radius 2 is 1.75 bits per heavy atom. The Labute approximate surface area is 99.1 Å². The van der Waals surface area contributed by atoms with E-state index in [2.05, 4.69) is 18.7 Å². The van der Waals surface area contributed by atoms with Crippen LogP contribution in [0.5, 0.6) is 0 Å². The Kier molecular flexibility index (Phi) is 4.36. The molecule has 0 amide bonds. The number of likely N-dealkylation sites (tertiary alicyclic amines) is 1. The molecule has 0 N–H and O–H groups in total. The topological polar surface area (TPSA) is 29.5 Å². The lowest BCUT2D eigenvalue weighted by Crippen LogP contribution is -2.47. The zero-order valence-electron chi connectivity index (χ0n) is 11.2. The molecule has 94 valence electrons. The monoisotopic (exact) mass is 227 g/mol. The van der Waals surface area contributed by atoms with Crippen LogP contribution in [-0.2, 0) is 9.53 Å². The summed E-state index contributed by atoms with van der Waals surface area (Å²) >= 11 is 0. The maximum atomic E-state index is 11.8. The molecular weight excluding hydrogens is 202 g/mol. The number of carbonyl (C=O) groups excluding carboxylic acids is 1. The van der Waals surface area contributed by atoms with Gasteiger partial charge in [0.25, 0.3) is 0 Å². The van der Waals surface area contributed by atoms with E-state index in [1.165, 1.54) is 19.3 Å². The number of hydrogen-bond donors (Lipinski definition) is 0. The van der Waals surface area contributed by atoms with Crippen LogP contribution in [-0.4, -0.2) is 35.1 Å². The maximum Gasteiger partial charge on any atom is 0.320 e. The molecule has 0 aromatic heterocycles. The van der Waals surface area contributed by atoms with Crippen LogP contribution in [0, 0.1) is 0 Å². The molecule has 0 bridgehead atoms. The molecule has 0 aromatic carbocycles. The minimum absolute atomic E-state index is 0.104. The van der Waals surface area contributed by atoms with E-state index >= 15 is 0 Å². The van der Waals surface area contributed by atoms with E-state index < -0.39 is 0 Å². The summed E-state index contributed by atoms with van der Waals surface area (Å²) in [6, 6.07) is 0.993. The van der Waals surface area contributed by atoms with Crippen LogP contribution in [0.2, 0.25) is 0 Å². The fourth-order valence-corrected chi connectivity index (χ4v) is 2.31. The van der Waals surface area contributed by atoms with E-state index in [-0.39, 0.29) is 11.6 Å². The van der Waals surface area contributed by atoms with E-state index in [0.29, 0.717) is 18.6 Å². The van der Waals surface area contributed by atoms with Gasteiger partial charge < -0.3 is 4.74 Å². The Morgan fingerprint density at radius 3 is 2.19 bits per heavy atom. The van der Waals surface area contributed by atoms with Gasteiger partial charge in [-0.05, 0) is 47.5 Å². The molecule has 1 fully saturated rings. The minimum Gasteiger partial charge on any atom is -0.459 e. The second-order valence-electron chi connectivity index (χ2n) is 5.89. The average molecular weight is 227 g/mol. The zero-order chi connectivity index (χ0) is 12.3. The SMILES string of the molecule is CC1CCCC(C)N1CC(=O)OC(C)(C)C. The third-order valence-corrected chi connectivity index (χ3v) is 3.11. The second kappa shape index (κ2) is 5.17.